The van der Waals surface area contributed by atoms with Gasteiger partial charge in [-0.05, 0) is 62.9 Å². The van der Waals surface area contributed by atoms with Crippen LogP contribution < -0.4 is 0 Å². The third kappa shape index (κ3) is 2.58. The lowest BCUT2D eigenvalue weighted by Crippen LogP contribution is -2.28. The average molecular weight is 283 g/mol. The number of nitrogens with zero attached hydrogens (tertiary/aromatic N) is 3. The molecule has 0 saturated carbocycles. The third-order valence-corrected chi connectivity index (χ3v) is 4.23. The van der Waals surface area contributed by atoms with Crippen LogP contribution in [0.2, 0.25) is 0 Å². The minimum absolute atomic E-state index is 0.0539. The molecule has 21 heavy (non-hydrogen) atoms. The van der Waals surface area contributed by atoms with Crippen LogP contribution in [0.5, 0.6) is 0 Å². The zero-order chi connectivity index (χ0) is 15.0. The highest BCUT2D eigenvalue weighted by atomic mass is 16.2. The largest absolute Gasteiger partial charge is 0.337 e. The Morgan fingerprint density at radius 2 is 1.76 bits per heavy atom. The van der Waals surface area contributed by atoms with Gasteiger partial charge in [-0.15, -0.1) is 0 Å². The number of aryl methyl sites for hydroxylation is 3. The maximum atomic E-state index is 12.4. The molecule has 0 spiro atoms. The molecule has 0 radical (unpaired) electrons. The van der Waals surface area contributed by atoms with Crippen LogP contribution in [-0.4, -0.2) is 33.7 Å². The molecule has 0 N–H and O–H groups in total. The summed E-state index contributed by atoms with van der Waals surface area (Å²) in [6.07, 6.45) is 2.20. The molecule has 0 aliphatic carbocycles. The first-order chi connectivity index (χ1) is 10.1. The summed E-state index contributed by atoms with van der Waals surface area (Å²) in [5.41, 5.74) is 5.04. The fourth-order valence-electron chi connectivity index (χ4n) is 2.78. The molecular weight excluding hydrogens is 262 g/mol. The second-order valence-corrected chi connectivity index (χ2v) is 5.85. The van der Waals surface area contributed by atoms with E-state index in [1.165, 1.54) is 11.1 Å². The number of amides is 1. The zero-order valence-electron chi connectivity index (χ0n) is 12.9. The fourth-order valence-corrected chi connectivity index (χ4v) is 2.78. The summed E-state index contributed by atoms with van der Waals surface area (Å²) in [6.45, 7) is 7.89. The van der Waals surface area contributed by atoms with Crippen molar-refractivity contribution in [3.05, 3.63) is 46.8 Å². The summed E-state index contributed by atoms with van der Waals surface area (Å²) in [6, 6.07) is 8.13. The molecule has 4 heteroatoms. The Morgan fingerprint density at radius 3 is 2.43 bits per heavy atom. The van der Waals surface area contributed by atoms with Crippen molar-refractivity contribution in [2.24, 2.45) is 0 Å². The molecule has 0 unspecified atom stereocenters. The van der Waals surface area contributed by atoms with Crippen molar-refractivity contribution < 1.29 is 4.79 Å². The van der Waals surface area contributed by atoms with Crippen molar-refractivity contribution in [2.45, 2.75) is 33.6 Å². The van der Waals surface area contributed by atoms with Crippen LogP contribution in [0.15, 0.2) is 24.3 Å². The van der Waals surface area contributed by atoms with Gasteiger partial charge in [0.15, 0.2) is 5.69 Å². The highest BCUT2D eigenvalue weighted by Gasteiger charge is 2.22. The van der Waals surface area contributed by atoms with E-state index in [9.17, 15) is 4.79 Å². The van der Waals surface area contributed by atoms with E-state index in [4.69, 9.17) is 0 Å². The van der Waals surface area contributed by atoms with Crippen molar-refractivity contribution >= 4 is 5.91 Å². The Balaban J connectivity index is 1.93. The van der Waals surface area contributed by atoms with Crippen LogP contribution in [0.3, 0.4) is 0 Å². The molecule has 1 aliphatic rings. The van der Waals surface area contributed by atoms with Crippen molar-refractivity contribution in [3.8, 4) is 5.69 Å². The Bertz CT molecular complexity index is 681. The summed E-state index contributed by atoms with van der Waals surface area (Å²) < 4.78 is 1.86. The first kappa shape index (κ1) is 13.9. The topological polar surface area (TPSA) is 38.1 Å². The molecule has 0 atom stereocenters. The predicted molar refractivity (Wildman–Crippen MR) is 82.9 cm³/mol. The van der Waals surface area contributed by atoms with Gasteiger partial charge in [-0.2, -0.15) is 5.10 Å². The normalized spacial score (nSPS) is 14.7. The van der Waals surface area contributed by atoms with E-state index in [-0.39, 0.29) is 5.91 Å². The first-order valence-corrected chi connectivity index (χ1v) is 7.50. The van der Waals surface area contributed by atoms with Crippen LogP contribution in [-0.2, 0) is 0 Å². The molecule has 1 fully saturated rings. The Morgan fingerprint density at radius 1 is 1.05 bits per heavy atom. The number of aromatic nitrogens is 2. The smallest absolute Gasteiger partial charge is 0.274 e. The number of hydrogen-bond donors (Lipinski definition) is 0. The fraction of sp³-hybridized carbons (Fsp3) is 0.412. The molecule has 1 aliphatic heterocycles. The predicted octanol–water partition coefficient (Wildman–Crippen LogP) is 3.03. The quantitative estimate of drug-likeness (QED) is 0.849. The van der Waals surface area contributed by atoms with Gasteiger partial charge in [0, 0.05) is 18.8 Å². The van der Waals surface area contributed by atoms with Crippen LogP contribution in [0, 0.1) is 20.8 Å². The van der Waals surface area contributed by atoms with Gasteiger partial charge in [0.1, 0.15) is 0 Å². The molecule has 1 aromatic carbocycles. The highest BCUT2D eigenvalue weighted by Crippen LogP contribution is 2.18. The summed E-state index contributed by atoms with van der Waals surface area (Å²) in [7, 11) is 0. The minimum atomic E-state index is 0.0539. The number of benzene rings is 1. The van der Waals surface area contributed by atoms with E-state index in [0.29, 0.717) is 5.69 Å². The van der Waals surface area contributed by atoms with Crippen molar-refractivity contribution in [1.82, 2.24) is 14.7 Å². The number of rotatable bonds is 2. The van der Waals surface area contributed by atoms with Crippen LogP contribution >= 0.6 is 0 Å². The van der Waals surface area contributed by atoms with Gasteiger partial charge in [-0.25, -0.2) is 4.68 Å². The minimum Gasteiger partial charge on any atom is -0.337 e. The summed E-state index contributed by atoms with van der Waals surface area (Å²) in [5, 5.41) is 4.52. The van der Waals surface area contributed by atoms with Gasteiger partial charge in [-0.1, -0.05) is 6.07 Å². The van der Waals surface area contributed by atoms with Gasteiger partial charge in [0.2, 0.25) is 0 Å². The molecule has 2 heterocycles. The molecule has 110 valence electrons. The van der Waals surface area contributed by atoms with Gasteiger partial charge >= 0.3 is 0 Å². The van der Waals surface area contributed by atoms with Crippen molar-refractivity contribution in [3.63, 3.8) is 0 Å². The number of hydrogen-bond acceptors (Lipinski definition) is 2. The molecule has 1 amide bonds. The van der Waals surface area contributed by atoms with Crippen LogP contribution in [0.4, 0.5) is 0 Å². The van der Waals surface area contributed by atoms with E-state index in [1.807, 2.05) is 28.6 Å². The van der Waals surface area contributed by atoms with E-state index in [2.05, 4.69) is 31.1 Å². The van der Waals surface area contributed by atoms with Gasteiger partial charge < -0.3 is 4.90 Å². The first-order valence-electron chi connectivity index (χ1n) is 7.50. The molecule has 1 saturated heterocycles. The van der Waals surface area contributed by atoms with Gasteiger partial charge in [0.25, 0.3) is 5.91 Å². The SMILES string of the molecule is Cc1ccc(-n2nc(C(=O)N3CCCC3)cc2C)cc1C. The van der Waals surface area contributed by atoms with E-state index < -0.39 is 0 Å². The molecule has 1 aromatic heterocycles. The standard InChI is InChI=1S/C17H21N3O/c1-12-6-7-15(10-13(12)2)20-14(3)11-16(18-20)17(21)19-8-4-5-9-19/h6-7,10-11H,4-5,8-9H2,1-3H3. The van der Waals surface area contributed by atoms with Crippen molar-refractivity contribution in [2.75, 3.05) is 13.1 Å². The molecular formula is C17H21N3O. The lowest BCUT2D eigenvalue weighted by atomic mass is 10.1. The molecule has 4 nitrogen and oxygen atoms in total. The Labute approximate surface area is 125 Å². The number of likely N-dealkylation sites (tertiary alicyclic amines) is 1. The van der Waals surface area contributed by atoms with E-state index in [1.54, 1.807) is 0 Å². The highest BCUT2D eigenvalue weighted by molar-refractivity contribution is 5.92. The second kappa shape index (κ2) is 5.35. The molecule has 2 aromatic rings. The second-order valence-electron chi connectivity index (χ2n) is 5.85. The average Bonchev–Trinajstić information content (AvgIpc) is 3.10. The lowest BCUT2D eigenvalue weighted by Gasteiger charge is -2.12. The van der Waals surface area contributed by atoms with Gasteiger partial charge in [-0.3, -0.25) is 4.79 Å². The van der Waals surface area contributed by atoms with Crippen LogP contribution in [0.1, 0.15) is 40.2 Å². The van der Waals surface area contributed by atoms with Crippen molar-refractivity contribution in [1.29, 1.82) is 0 Å². The molecule has 0 bridgehead atoms. The Kier molecular flexibility index (Phi) is 3.53. The Hall–Kier alpha value is -2.10. The maximum Gasteiger partial charge on any atom is 0.274 e. The van der Waals surface area contributed by atoms with E-state index in [0.717, 1.165) is 37.3 Å². The lowest BCUT2D eigenvalue weighted by molar-refractivity contribution is 0.0786. The molecule has 3 rings (SSSR count). The summed E-state index contributed by atoms with van der Waals surface area (Å²) in [4.78, 5) is 14.3. The zero-order valence-corrected chi connectivity index (χ0v) is 12.9. The van der Waals surface area contributed by atoms with E-state index >= 15 is 0 Å². The monoisotopic (exact) mass is 283 g/mol. The maximum absolute atomic E-state index is 12.4. The summed E-state index contributed by atoms with van der Waals surface area (Å²) in [5.74, 6) is 0.0539. The number of carbonyl (C=O) groups is 1. The van der Waals surface area contributed by atoms with Crippen LogP contribution in [0.25, 0.3) is 5.69 Å². The number of carbonyl (C=O) groups excluding carboxylic acids is 1. The third-order valence-electron chi connectivity index (χ3n) is 4.23. The summed E-state index contributed by atoms with van der Waals surface area (Å²) >= 11 is 0. The van der Waals surface area contributed by atoms with Gasteiger partial charge in [0.05, 0.1) is 5.69 Å².